The van der Waals surface area contributed by atoms with Gasteiger partial charge in [-0.2, -0.15) is 5.10 Å². The monoisotopic (exact) mass is 260 g/mol. The summed E-state index contributed by atoms with van der Waals surface area (Å²) < 4.78 is 13.0. The van der Waals surface area contributed by atoms with Crippen LogP contribution >= 0.6 is 0 Å². The van der Waals surface area contributed by atoms with Gasteiger partial charge in [-0.05, 0) is 6.07 Å². The number of fused-ring (bicyclic) bond motifs is 1. The summed E-state index contributed by atoms with van der Waals surface area (Å²) in [6.07, 6.45) is 2.14. The van der Waals surface area contributed by atoms with Gasteiger partial charge in [-0.25, -0.2) is 4.98 Å². The minimum atomic E-state index is -0.195. The van der Waals surface area contributed by atoms with Crippen molar-refractivity contribution in [1.82, 2.24) is 14.8 Å². The Kier molecular flexibility index (Phi) is 3.08. The summed E-state index contributed by atoms with van der Waals surface area (Å²) >= 11 is 0. The van der Waals surface area contributed by atoms with E-state index in [4.69, 9.17) is 15.2 Å². The van der Waals surface area contributed by atoms with Gasteiger partial charge in [0.15, 0.2) is 11.5 Å². The van der Waals surface area contributed by atoms with Gasteiger partial charge >= 0.3 is 0 Å². The fourth-order valence-corrected chi connectivity index (χ4v) is 2.20. The number of aryl methyl sites for hydroxylation is 1. The lowest BCUT2D eigenvalue weighted by atomic mass is 10.0. The minimum absolute atomic E-state index is 0.195. The molecule has 0 aliphatic carbocycles. The average molecular weight is 260 g/mol. The van der Waals surface area contributed by atoms with Crippen molar-refractivity contribution >= 4 is 0 Å². The zero-order valence-electron chi connectivity index (χ0n) is 10.7. The highest BCUT2D eigenvalue weighted by Crippen LogP contribution is 2.36. The van der Waals surface area contributed by atoms with Crippen molar-refractivity contribution in [3.63, 3.8) is 0 Å². The van der Waals surface area contributed by atoms with Crippen molar-refractivity contribution in [3.8, 4) is 11.5 Å². The minimum Gasteiger partial charge on any atom is -0.486 e. The molecule has 1 unspecified atom stereocenters. The molecule has 0 saturated heterocycles. The summed E-state index contributed by atoms with van der Waals surface area (Å²) in [7, 11) is 1.86. The van der Waals surface area contributed by atoms with Crippen molar-refractivity contribution in [3.05, 3.63) is 35.9 Å². The third kappa shape index (κ3) is 2.26. The van der Waals surface area contributed by atoms with Crippen LogP contribution in [0, 0.1) is 0 Å². The highest BCUT2D eigenvalue weighted by Gasteiger charge is 2.21. The zero-order chi connectivity index (χ0) is 13.2. The number of hydrogen-bond donors (Lipinski definition) is 1. The lowest BCUT2D eigenvalue weighted by Gasteiger charge is -2.23. The van der Waals surface area contributed by atoms with Crippen LogP contribution in [0.1, 0.15) is 17.4 Å². The van der Waals surface area contributed by atoms with Crippen LogP contribution in [0.5, 0.6) is 11.5 Å². The number of nitrogens with zero attached hydrogens (tertiary/aromatic N) is 3. The first-order chi connectivity index (χ1) is 9.25. The summed E-state index contributed by atoms with van der Waals surface area (Å²) in [4.78, 5) is 4.19. The van der Waals surface area contributed by atoms with Crippen LogP contribution in [0.2, 0.25) is 0 Å². The lowest BCUT2D eigenvalue weighted by molar-refractivity contribution is 0.169. The van der Waals surface area contributed by atoms with Crippen LogP contribution < -0.4 is 15.2 Å². The van der Waals surface area contributed by atoms with Gasteiger partial charge in [-0.1, -0.05) is 12.1 Å². The highest BCUT2D eigenvalue weighted by molar-refractivity contribution is 5.49. The van der Waals surface area contributed by atoms with Crippen molar-refractivity contribution in [2.45, 2.75) is 12.5 Å². The predicted octanol–water partition coefficient (Wildman–Crippen LogP) is 0.829. The van der Waals surface area contributed by atoms with Gasteiger partial charge in [0.25, 0.3) is 0 Å². The third-order valence-corrected chi connectivity index (χ3v) is 3.20. The molecule has 0 amide bonds. The van der Waals surface area contributed by atoms with Crippen molar-refractivity contribution in [2.24, 2.45) is 12.8 Å². The molecule has 1 aromatic heterocycles. The number of hydrogen-bond acceptors (Lipinski definition) is 5. The van der Waals surface area contributed by atoms with E-state index in [1.807, 2.05) is 25.2 Å². The van der Waals surface area contributed by atoms with E-state index in [1.54, 1.807) is 4.68 Å². The maximum Gasteiger partial charge on any atom is 0.166 e. The summed E-state index contributed by atoms with van der Waals surface area (Å²) in [5.74, 6) is 2.36. The van der Waals surface area contributed by atoms with Crippen molar-refractivity contribution in [2.75, 3.05) is 13.2 Å². The van der Waals surface area contributed by atoms with Crippen LogP contribution in [-0.2, 0) is 13.5 Å². The average Bonchev–Trinajstić information content (AvgIpc) is 2.83. The van der Waals surface area contributed by atoms with Crippen LogP contribution in [0.25, 0.3) is 0 Å². The van der Waals surface area contributed by atoms with Crippen LogP contribution in [0.3, 0.4) is 0 Å². The Bertz CT molecular complexity index is 582. The van der Waals surface area contributed by atoms with Gasteiger partial charge < -0.3 is 15.2 Å². The van der Waals surface area contributed by atoms with Gasteiger partial charge in [0.1, 0.15) is 25.4 Å². The first kappa shape index (κ1) is 12.0. The standard InChI is InChI=1S/C13H16N4O2/c1-17-12(15-8-16-17)7-10(14)9-3-2-4-11-13(9)19-6-5-18-11/h2-4,8,10H,5-7,14H2,1H3. The number of ether oxygens (including phenoxy) is 2. The molecular weight excluding hydrogens is 244 g/mol. The maximum absolute atomic E-state index is 6.26. The Morgan fingerprint density at radius 2 is 2.21 bits per heavy atom. The van der Waals surface area contributed by atoms with E-state index in [0.29, 0.717) is 19.6 Å². The van der Waals surface area contributed by atoms with Crippen molar-refractivity contribution < 1.29 is 9.47 Å². The predicted molar refractivity (Wildman–Crippen MR) is 69.1 cm³/mol. The number of para-hydroxylation sites is 1. The molecule has 0 fully saturated rings. The smallest absolute Gasteiger partial charge is 0.166 e. The Morgan fingerprint density at radius 3 is 3.00 bits per heavy atom. The molecule has 1 aliphatic rings. The van der Waals surface area contributed by atoms with Gasteiger partial charge in [0.2, 0.25) is 0 Å². The van der Waals surface area contributed by atoms with E-state index < -0.39 is 0 Å². The molecule has 0 bridgehead atoms. The number of benzene rings is 1. The first-order valence-corrected chi connectivity index (χ1v) is 6.22. The highest BCUT2D eigenvalue weighted by atomic mass is 16.6. The SMILES string of the molecule is Cn1ncnc1CC(N)c1cccc2c1OCCO2. The molecule has 6 heteroatoms. The van der Waals surface area contributed by atoms with E-state index in [9.17, 15) is 0 Å². The fourth-order valence-electron chi connectivity index (χ4n) is 2.20. The van der Waals surface area contributed by atoms with E-state index in [0.717, 1.165) is 22.9 Å². The normalized spacial score (nSPS) is 15.3. The Balaban J connectivity index is 1.87. The van der Waals surface area contributed by atoms with E-state index in [-0.39, 0.29) is 6.04 Å². The second kappa shape index (κ2) is 4.89. The number of nitrogens with two attached hydrogens (primary N) is 1. The van der Waals surface area contributed by atoms with Crippen molar-refractivity contribution in [1.29, 1.82) is 0 Å². The van der Waals surface area contributed by atoms with Gasteiger partial charge in [0.05, 0.1) is 0 Å². The number of rotatable bonds is 3. The largest absolute Gasteiger partial charge is 0.486 e. The summed E-state index contributed by atoms with van der Waals surface area (Å²) in [5.41, 5.74) is 7.21. The molecule has 1 aliphatic heterocycles. The third-order valence-electron chi connectivity index (χ3n) is 3.20. The molecular formula is C13H16N4O2. The van der Waals surface area contributed by atoms with Gasteiger partial charge in [-0.3, -0.25) is 4.68 Å². The molecule has 0 radical (unpaired) electrons. The molecule has 19 heavy (non-hydrogen) atoms. The molecule has 100 valence electrons. The van der Waals surface area contributed by atoms with Crippen LogP contribution in [-0.4, -0.2) is 28.0 Å². The summed E-state index contributed by atoms with van der Waals surface area (Å²) in [6.45, 7) is 1.13. The topological polar surface area (TPSA) is 75.2 Å². The molecule has 2 aromatic rings. The van der Waals surface area contributed by atoms with Crippen LogP contribution in [0.15, 0.2) is 24.5 Å². The van der Waals surface area contributed by atoms with E-state index in [1.165, 1.54) is 6.33 Å². The van der Waals surface area contributed by atoms with Gasteiger partial charge in [0, 0.05) is 25.1 Å². The van der Waals surface area contributed by atoms with E-state index in [2.05, 4.69) is 10.1 Å². The Hall–Kier alpha value is -2.08. The lowest BCUT2D eigenvalue weighted by Crippen LogP contribution is -2.21. The summed E-state index contributed by atoms with van der Waals surface area (Å²) in [6, 6.07) is 5.60. The van der Waals surface area contributed by atoms with E-state index >= 15 is 0 Å². The van der Waals surface area contributed by atoms with Gasteiger partial charge in [-0.15, -0.1) is 0 Å². The fraction of sp³-hybridized carbons (Fsp3) is 0.385. The quantitative estimate of drug-likeness (QED) is 0.884. The molecule has 1 aromatic carbocycles. The summed E-state index contributed by atoms with van der Waals surface area (Å²) in [5, 5.41) is 4.04. The second-order valence-electron chi connectivity index (χ2n) is 4.48. The van der Waals surface area contributed by atoms with Crippen LogP contribution in [0.4, 0.5) is 0 Å². The Labute approximate surface area is 111 Å². The molecule has 0 spiro atoms. The number of aromatic nitrogens is 3. The molecule has 2 N–H and O–H groups in total. The molecule has 2 heterocycles. The zero-order valence-corrected chi connectivity index (χ0v) is 10.7. The second-order valence-corrected chi connectivity index (χ2v) is 4.48. The molecule has 3 rings (SSSR count). The Morgan fingerprint density at radius 1 is 1.37 bits per heavy atom. The first-order valence-electron chi connectivity index (χ1n) is 6.22. The molecule has 1 atom stereocenters. The molecule has 6 nitrogen and oxygen atoms in total. The maximum atomic E-state index is 6.26. The molecule has 0 saturated carbocycles.